The minimum atomic E-state index is -0.770. The number of benzene rings is 2. The number of carbonyl (C=O) groups excluding carboxylic acids is 2. The van der Waals surface area contributed by atoms with E-state index < -0.39 is 5.60 Å². The van der Waals surface area contributed by atoms with Gasteiger partial charge >= 0.3 is 0 Å². The number of morpholine rings is 1. The Morgan fingerprint density at radius 1 is 1.08 bits per heavy atom. The number of ether oxygens (including phenoxy) is 2. The van der Waals surface area contributed by atoms with Crippen molar-refractivity contribution in [3.8, 4) is 5.75 Å². The molecule has 2 heterocycles. The predicted octanol–water partition coefficient (Wildman–Crippen LogP) is 4.43. The number of likely N-dealkylation sites (tertiary alicyclic amines) is 1. The largest absolute Gasteiger partial charge is 0.490 e. The summed E-state index contributed by atoms with van der Waals surface area (Å²) in [6.45, 7) is 11.9. The van der Waals surface area contributed by atoms with Crippen molar-refractivity contribution in [2.45, 2.75) is 65.1 Å². The standard InChI is InChI=1S/C30H40ClN3O4/c1-21-7-5-6-8-25(21)18-33-13-14-38-30(19-33,20-37-27-15-22(2)29(31)23(3)16-27)17-28(36)34-11-9-26(10-12-34)32-24(4)35/h5-8,15-16,26H,9-14,17-20H2,1-4H3,(H,32,35). The highest BCUT2D eigenvalue weighted by Gasteiger charge is 2.41. The first-order valence-corrected chi connectivity index (χ1v) is 13.9. The van der Waals surface area contributed by atoms with Crippen molar-refractivity contribution in [2.24, 2.45) is 0 Å². The Morgan fingerprint density at radius 2 is 1.76 bits per heavy atom. The zero-order valence-electron chi connectivity index (χ0n) is 23.0. The first-order chi connectivity index (χ1) is 18.1. The molecule has 0 aliphatic carbocycles. The molecular formula is C30H40ClN3O4. The van der Waals surface area contributed by atoms with E-state index in [1.54, 1.807) is 0 Å². The number of hydrogen-bond donors (Lipinski definition) is 1. The average molecular weight is 542 g/mol. The number of nitrogens with zero attached hydrogens (tertiary/aromatic N) is 2. The van der Waals surface area contributed by atoms with Crippen molar-refractivity contribution in [1.29, 1.82) is 0 Å². The van der Waals surface area contributed by atoms with Crippen LogP contribution in [-0.2, 0) is 20.9 Å². The van der Waals surface area contributed by atoms with Gasteiger partial charge in [0.05, 0.1) is 13.0 Å². The second-order valence-corrected chi connectivity index (χ2v) is 11.2. The van der Waals surface area contributed by atoms with Gasteiger partial charge in [0.2, 0.25) is 11.8 Å². The summed E-state index contributed by atoms with van der Waals surface area (Å²) in [5.41, 5.74) is 3.68. The Hall–Kier alpha value is -2.61. The van der Waals surface area contributed by atoms with Crippen molar-refractivity contribution in [3.05, 3.63) is 63.7 Å². The van der Waals surface area contributed by atoms with E-state index in [0.29, 0.717) is 26.2 Å². The lowest BCUT2D eigenvalue weighted by Crippen LogP contribution is -2.57. The molecule has 0 radical (unpaired) electrons. The summed E-state index contributed by atoms with van der Waals surface area (Å²) in [6.07, 6.45) is 1.77. The lowest BCUT2D eigenvalue weighted by atomic mass is 9.95. The summed E-state index contributed by atoms with van der Waals surface area (Å²) in [5, 5.41) is 3.72. The second kappa shape index (κ2) is 12.5. The molecule has 2 fully saturated rings. The third-order valence-corrected chi connectivity index (χ3v) is 8.22. The van der Waals surface area contributed by atoms with Gasteiger partial charge in [-0.05, 0) is 68.0 Å². The molecule has 2 aliphatic heterocycles. The van der Waals surface area contributed by atoms with Crippen LogP contribution in [0.3, 0.4) is 0 Å². The minimum absolute atomic E-state index is 0.0251. The molecular weight excluding hydrogens is 502 g/mol. The van der Waals surface area contributed by atoms with E-state index in [1.165, 1.54) is 18.1 Å². The van der Waals surface area contributed by atoms with Gasteiger partial charge in [0.1, 0.15) is 18.0 Å². The van der Waals surface area contributed by atoms with Gasteiger partial charge in [0.15, 0.2) is 0 Å². The second-order valence-electron chi connectivity index (χ2n) is 10.9. The highest BCUT2D eigenvalue weighted by Crippen LogP contribution is 2.30. The van der Waals surface area contributed by atoms with E-state index in [4.69, 9.17) is 21.1 Å². The van der Waals surface area contributed by atoms with Crippen LogP contribution in [-0.4, -0.2) is 72.6 Å². The van der Waals surface area contributed by atoms with Crippen LogP contribution in [0, 0.1) is 20.8 Å². The monoisotopic (exact) mass is 541 g/mol. The zero-order valence-corrected chi connectivity index (χ0v) is 23.8. The molecule has 8 heteroatoms. The van der Waals surface area contributed by atoms with Gasteiger partial charge in [-0.2, -0.15) is 0 Å². The third kappa shape index (κ3) is 7.28. The average Bonchev–Trinajstić information content (AvgIpc) is 2.87. The van der Waals surface area contributed by atoms with Crippen molar-refractivity contribution in [1.82, 2.24) is 15.1 Å². The molecule has 2 aliphatic rings. The molecule has 0 saturated carbocycles. The number of hydrogen-bond acceptors (Lipinski definition) is 5. The quantitative estimate of drug-likeness (QED) is 0.535. The van der Waals surface area contributed by atoms with Crippen LogP contribution in [0.15, 0.2) is 36.4 Å². The summed E-state index contributed by atoms with van der Waals surface area (Å²) in [7, 11) is 0. The highest BCUT2D eigenvalue weighted by atomic mass is 35.5. The molecule has 1 unspecified atom stereocenters. The lowest BCUT2D eigenvalue weighted by molar-refractivity contribution is -0.157. The fourth-order valence-electron chi connectivity index (χ4n) is 5.48. The van der Waals surface area contributed by atoms with Crippen LogP contribution in [0.1, 0.15) is 48.4 Å². The molecule has 1 atom stereocenters. The summed E-state index contributed by atoms with van der Waals surface area (Å²) < 4.78 is 12.7. The fourth-order valence-corrected chi connectivity index (χ4v) is 5.59. The Bertz CT molecular complexity index is 1130. The van der Waals surface area contributed by atoms with E-state index in [2.05, 4.69) is 41.4 Å². The summed E-state index contributed by atoms with van der Waals surface area (Å²) >= 11 is 6.37. The minimum Gasteiger partial charge on any atom is -0.490 e. The molecule has 1 N–H and O–H groups in total. The normalized spacial score (nSPS) is 20.8. The van der Waals surface area contributed by atoms with Gasteiger partial charge in [-0.3, -0.25) is 14.5 Å². The number of piperidine rings is 1. The molecule has 2 aromatic rings. The SMILES string of the molecule is CC(=O)NC1CCN(C(=O)CC2(COc3cc(C)c(Cl)c(C)c3)CN(Cc3ccccc3C)CCO2)CC1. The van der Waals surface area contributed by atoms with Gasteiger partial charge in [0, 0.05) is 50.7 Å². The van der Waals surface area contributed by atoms with Crippen molar-refractivity contribution >= 4 is 23.4 Å². The smallest absolute Gasteiger partial charge is 0.225 e. The highest BCUT2D eigenvalue weighted by molar-refractivity contribution is 6.32. The molecule has 2 amide bonds. The maximum Gasteiger partial charge on any atom is 0.225 e. The zero-order chi connectivity index (χ0) is 27.3. The summed E-state index contributed by atoms with van der Waals surface area (Å²) in [4.78, 5) is 29.2. The topological polar surface area (TPSA) is 71.1 Å². The van der Waals surface area contributed by atoms with Crippen LogP contribution in [0.25, 0.3) is 0 Å². The van der Waals surface area contributed by atoms with Gasteiger partial charge in [-0.1, -0.05) is 35.9 Å². The van der Waals surface area contributed by atoms with Crippen molar-refractivity contribution in [2.75, 3.05) is 39.4 Å². The van der Waals surface area contributed by atoms with Gasteiger partial charge < -0.3 is 19.7 Å². The molecule has 4 rings (SSSR count). The number of amides is 2. The Labute approximate surface area is 231 Å². The Kier molecular flexibility index (Phi) is 9.34. The number of halogens is 1. The molecule has 7 nitrogen and oxygen atoms in total. The van der Waals surface area contributed by atoms with E-state index in [1.807, 2.05) is 30.9 Å². The maximum absolute atomic E-state index is 13.6. The van der Waals surface area contributed by atoms with E-state index in [9.17, 15) is 9.59 Å². The molecule has 0 bridgehead atoms. The maximum atomic E-state index is 13.6. The van der Waals surface area contributed by atoms with E-state index >= 15 is 0 Å². The summed E-state index contributed by atoms with van der Waals surface area (Å²) in [5.74, 6) is 0.769. The Balaban J connectivity index is 1.49. The van der Waals surface area contributed by atoms with Crippen LogP contribution in [0.5, 0.6) is 5.75 Å². The summed E-state index contributed by atoms with van der Waals surface area (Å²) in [6, 6.07) is 12.4. The fraction of sp³-hybridized carbons (Fsp3) is 0.533. The molecule has 0 aromatic heterocycles. The number of carbonyl (C=O) groups is 2. The Morgan fingerprint density at radius 3 is 2.42 bits per heavy atom. The molecule has 2 saturated heterocycles. The first-order valence-electron chi connectivity index (χ1n) is 13.5. The number of aryl methyl sites for hydroxylation is 3. The molecule has 206 valence electrons. The van der Waals surface area contributed by atoms with Gasteiger partial charge in [-0.25, -0.2) is 0 Å². The van der Waals surface area contributed by atoms with Crippen LogP contribution in [0.2, 0.25) is 5.02 Å². The third-order valence-electron chi connectivity index (χ3n) is 7.62. The molecule has 2 aromatic carbocycles. The number of nitrogens with one attached hydrogen (secondary N) is 1. The van der Waals surface area contributed by atoms with E-state index in [-0.39, 0.29) is 30.9 Å². The van der Waals surface area contributed by atoms with Crippen LogP contribution < -0.4 is 10.1 Å². The van der Waals surface area contributed by atoms with Crippen molar-refractivity contribution < 1.29 is 19.1 Å². The van der Waals surface area contributed by atoms with Gasteiger partial charge in [-0.15, -0.1) is 0 Å². The van der Waals surface area contributed by atoms with Gasteiger partial charge in [0.25, 0.3) is 0 Å². The molecule has 38 heavy (non-hydrogen) atoms. The predicted molar refractivity (Wildman–Crippen MR) is 150 cm³/mol. The van der Waals surface area contributed by atoms with Crippen LogP contribution in [0.4, 0.5) is 0 Å². The molecule has 0 spiro atoms. The number of rotatable bonds is 8. The van der Waals surface area contributed by atoms with E-state index in [0.717, 1.165) is 47.8 Å². The van der Waals surface area contributed by atoms with Crippen LogP contribution >= 0.6 is 11.6 Å². The first kappa shape index (κ1) is 28.4. The lowest BCUT2D eigenvalue weighted by Gasteiger charge is -2.43. The van der Waals surface area contributed by atoms with Crippen molar-refractivity contribution in [3.63, 3.8) is 0 Å².